The van der Waals surface area contributed by atoms with Crippen LogP contribution < -0.4 is 5.32 Å². The molecular formula is C19H23N3O2. The van der Waals surface area contributed by atoms with Crippen LogP contribution in [0, 0.1) is 0 Å². The fourth-order valence-electron chi connectivity index (χ4n) is 3.27. The quantitative estimate of drug-likeness (QED) is 0.907. The number of nitrogens with one attached hydrogen (secondary N) is 1. The lowest BCUT2D eigenvalue weighted by molar-refractivity contribution is 0.189. The molecule has 1 aromatic carbocycles. The zero-order valence-corrected chi connectivity index (χ0v) is 13.9. The molecule has 0 saturated carbocycles. The van der Waals surface area contributed by atoms with Crippen LogP contribution in [0.2, 0.25) is 0 Å². The molecule has 0 spiro atoms. The van der Waals surface area contributed by atoms with Gasteiger partial charge >= 0.3 is 6.03 Å². The number of aromatic hydroxyl groups is 1. The molecule has 2 atom stereocenters. The number of urea groups is 1. The van der Waals surface area contributed by atoms with Gasteiger partial charge in [-0.15, -0.1) is 0 Å². The van der Waals surface area contributed by atoms with Crippen LogP contribution in [0.15, 0.2) is 48.8 Å². The van der Waals surface area contributed by atoms with Crippen molar-refractivity contribution in [3.05, 3.63) is 59.9 Å². The maximum atomic E-state index is 12.6. The average Bonchev–Trinajstić information content (AvgIpc) is 3.07. The standard InChI is InChI=1S/C19H23N3O2/c1-14(13-15-4-6-17(23)7-5-15)21-19(24)22-12-2-3-18(22)16-8-10-20-11-9-16/h4-11,14,18,23H,2-3,12-13H2,1H3,(H,21,24)/t14-,18-/m0/s1. The number of rotatable bonds is 4. The smallest absolute Gasteiger partial charge is 0.318 e. The van der Waals surface area contributed by atoms with E-state index < -0.39 is 0 Å². The maximum absolute atomic E-state index is 12.6. The number of carbonyl (C=O) groups excluding carboxylic acids is 1. The van der Waals surface area contributed by atoms with E-state index in [1.54, 1.807) is 24.5 Å². The molecule has 0 aliphatic carbocycles. The molecule has 3 rings (SSSR count). The molecule has 2 N–H and O–H groups in total. The number of aromatic nitrogens is 1. The molecule has 1 aromatic heterocycles. The van der Waals surface area contributed by atoms with Gasteiger partial charge in [-0.1, -0.05) is 12.1 Å². The van der Waals surface area contributed by atoms with Crippen LogP contribution in [0.25, 0.3) is 0 Å². The van der Waals surface area contributed by atoms with Crippen molar-refractivity contribution >= 4 is 6.03 Å². The molecule has 1 aliphatic rings. The van der Waals surface area contributed by atoms with Gasteiger partial charge in [0.15, 0.2) is 0 Å². The van der Waals surface area contributed by atoms with Gasteiger partial charge in [0, 0.05) is 25.0 Å². The second-order valence-corrected chi connectivity index (χ2v) is 6.35. The number of phenolic OH excluding ortho intramolecular Hbond substituents is 1. The third-order valence-electron chi connectivity index (χ3n) is 4.45. The van der Waals surface area contributed by atoms with Gasteiger partial charge in [0.1, 0.15) is 5.75 Å². The Morgan fingerprint density at radius 3 is 2.71 bits per heavy atom. The van der Waals surface area contributed by atoms with Crippen molar-refractivity contribution in [3.63, 3.8) is 0 Å². The predicted octanol–water partition coefficient (Wildman–Crippen LogP) is 3.26. The summed E-state index contributed by atoms with van der Waals surface area (Å²) in [5.74, 6) is 0.257. The molecule has 0 unspecified atom stereocenters. The number of hydrogen-bond acceptors (Lipinski definition) is 3. The number of nitrogens with zero attached hydrogens (tertiary/aromatic N) is 2. The minimum absolute atomic E-state index is 0.0133. The zero-order chi connectivity index (χ0) is 16.9. The minimum Gasteiger partial charge on any atom is -0.508 e. The van der Waals surface area contributed by atoms with Crippen molar-refractivity contribution in [2.75, 3.05) is 6.54 Å². The van der Waals surface area contributed by atoms with E-state index in [9.17, 15) is 9.90 Å². The van der Waals surface area contributed by atoms with E-state index in [0.717, 1.165) is 36.9 Å². The molecule has 1 aliphatic heterocycles. The third-order valence-corrected chi connectivity index (χ3v) is 4.45. The molecule has 0 radical (unpaired) electrons. The second kappa shape index (κ2) is 7.34. The van der Waals surface area contributed by atoms with E-state index >= 15 is 0 Å². The Labute approximate surface area is 142 Å². The number of hydrogen-bond donors (Lipinski definition) is 2. The van der Waals surface area contributed by atoms with Crippen LogP contribution >= 0.6 is 0 Å². The summed E-state index contributed by atoms with van der Waals surface area (Å²) >= 11 is 0. The van der Waals surface area contributed by atoms with Crippen LogP contribution in [0.3, 0.4) is 0 Å². The van der Waals surface area contributed by atoms with Crippen LogP contribution in [0.4, 0.5) is 4.79 Å². The lowest BCUT2D eigenvalue weighted by Crippen LogP contribution is -2.44. The monoisotopic (exact) mass is 325 g/mol. The first-order chi connectivity index (χ1) is 11.6. The molecule has 2 heterocycles. The summed E-state index contributed by atoms with van der Waals surface area (Å²) < 4.78 is 0. The Morgan fingerprint density at radius 1 is 1.29 bits per heavy atom. The highest BCUT2D eigenvalue weighted by Gasteiger charge is 2.30. The topological polar surface area (TPSA) is 65.5 Å². The van der Waals surface area contributed by atoms with E-state index in [1.807, 2.05) is 36.1 Å². The number of pyridine rings is 1. The number of benzene rings is 1. The van der Waals surface area contributed by atoms with Crippen molar-refractivity contribution in [1.29, 1.82) is 0 Å². The molecule has 1 saturated heterocycles. The van der Waals surface area contributed by atoms with E-state index in [0.29, 0.717) is 0 Å². The first kappa shape index (κ1) is 16.3. The van der Waals surface area contributed by atoms with Crippen molar-refractivity contribution in [2.24, 2.45) is 0 Å². The van der Waals surface area contributed by atoms with Crippen LogP contribution in [0.1, 0.15) is 36.9 Å². The normalized spacial score (nSPS) is 18.4. The summed E-state index contributed by atoms with van der Waals surface area (Å²) in [5, 5.41) is 12.4. The van der Waals surface area contributed by atoms with Crippen molar-refractivity contribution < 1.29 is 9.90 Å². The van der Waals surface area contributed by atoms with Crippen LogP contribution in [0.5, 0.6) is 5.75 Å². The molecule has 5 heteroatoms. The largest absolute Gasteiger partial charge is 0.508 e. The number of phenols is 1. The van der Waals surface area contributed by atoms with Gasteiger partial charge in [-0.05, 0) is 61.6 Å². The van der Waals surface area contributed by atoms with Gasteiger partial charge in [0.2, 0.25) is 0 Å². The van der Waals surface area contributed by atoms with Gasteiger partial charge in [-0.3, -0.25) is 4.98 Å². The van der Waals surface area contributed by atoms with Crippen molar-refractivity contribution in [2.45, 2.75) is 38.3 Å². The minimum atomic E-state index is -0.0133. The van der Waals surface area contributed by atoms with E-state index in [1.165, 1.54) is 0 Å². The molecule has 5 nitrogen and oxygen atoms in total. The van der Waals surface area contributed by atoms with Gasteiger partial charge in [0.25, 0.3) is 0 Å². The fourth-order valence-corrected chi connectivity index (χ4v) is 3.27. The highest BCUT2D eigenvalue weighted by atomic mass is 16.3. The van der Waals surface area contributed by atoms with Crippen LogP contribution in [-0.4, -0.2) is 33.6 Å². The van der Waals surface area contributed by atoms with Gasteiger partial charge in [0.05, 0.1) is 6.04 Å². The summed E-state index contributed by atoms with van der Waals surface area (Å²) in [7, 11) is 0. The molecule has 2 amide bonds. The summed E-state index contributed by atoms with van der Waals surface area (Å²) in [6.45, 7) is 2.78. The lowest BCUT2D eigenvalue weighted by Gasteiger charge is -2.27. The SMILES string of the molecule is C[C@@H](Cc1ccc(O)cc1)NC(=O)N1CCC[C@H]1c1ccncc1. The Bertz CT molecular complexity index is 673. The number of likely N-dealkylation sites (tertiary alicyclic amines) is 1. The Morgan fingerprint density at radius 2 is 2.00 bits per heavy atom. The van der Waals surface area contributed by atoms with Gasteiger partial charge in [-0.25, -0.2) is 4.79 Å². The number of amides is 2. The lowest BCUT2D eigenvalue weighted by atomic mass is 10.1. The highest BCUT2D eigenvalue weighted by molar-refractivity contribution is 5.75. The second-order valence-electron chi connectivity index (χ2n) is 6.35. The first-order valence-corrected chi connectivity index (χ1v) is 8.38. The Kier molecular flexibility index (Phi) is 4.99. The number of carbonyl (C=O) groups is 1. The molecule has 1 fully saturated rings. The Balaban J connectivity index is 1.60. The molecule has 24 heavy (non-hydrogen) atoms. The first-order valence-electron chi connectivity index (χ1n) is 8.38. The maximum Gasteiger partial charge on any atom is 0.318 e. The molecule has 2 aromatic rings. The van der Waals surface area contributed by atoms with Gasteiger partial charge < -0.3 is 15.3 Å². The average molecular weight is 325 g/mol. The van der Waals surface area contributed by atoms with Crippen molar-refractivity contribution in [1.82, 2.24) is 15.2 Å². The molecule has 0 bridgehead atoms. The zero-order valence-electron chi connectivity index (χ0n) is 13.9. The van der Waals surface area contributed by atoms with E-state index in [2.05, 4.69) is 10.3 Å². The summed E-state index contributed by atoms with van der Waals surface area (Å²) in [4.78, 5) is 18.6. The highest BCUT2D eigenvalue weighted by Crippen LogP contribution is 2.31. The van der Waals surface area contributed by atoms with E-state index in [-0.39, 0.29) is 23.9 Å². The van der Waals surface area contributed by atoms with Crippen LogP contribution in [-0.2, 0) is 6.42 Å². The van der Waals surface area contributed by atoms with E-state index in [4.69, 9.17) is 0 Å². The summed E-state index contributed by atoms with van der Waals surface area (Å²) in [5.41, 5.74) is 2.23. The fraction of sp³-hybridized carbons (Fsp3) is 0.368. The van der Waals surface area contributed by atoms with Gasteiger partial charge in [-0.2, -0.15) is 0 Å². The summed E-state index contributed by atoms with van der Waals surface area (Å²) in [6, 6.07) is 11.2. The Hall–Kier alpha value is -2.56. The third kappa shape index (κ3) is 3.85. The summed E-state index contributed by atoms with van der Waals surface area (Å²) in [6.07, 6.45) is 6.30. The molecular weight excluding hydrogens is 302 g/mol. The van der Waals surface area contributed by atoms with Crippen molar-refractivity contribution in [3.8, 4) is 5.75 Å². The molecule has 126 valence electrons. The predicted molar refractivity (Wildman–Crippen MR) is 92.7 cm³/mol.